The van der Waals surface area contributed by atoms with Gasteiger partial charge in [0.1, 0.15) is 5.60 Å². The van der Waals surface area contributed by atoms with Gasteiger partial charge in [0, 0.05) is 4.47 Å². The molecular formula is C11H10BrNaO3. The summed E-state index contributed by atoms with van der Waals surface area (Å²) in [5.41, 5.74) is -1.36. The Balaban J connectivity index is 0.00000128. The molecule has 1 aliphatic rings. The first-order chi connectivity index (χ1) is 6.90. The van der Waals surface area contributed by atoms with Gasteiger partial charge in [-0.2, -0.15) is 0 Å². The Bertz CT molecular complexity index is 416. The van der Waals surface area contributed by atoms with Crippen molar-refractivity contribution in [2.75, 3.05) is 0 Å². The third kappa shape index (κ3) is 1.97. The molecule has 16 heavy (non-hydrogen) atoms. The first kappa shape index (κ1) is 14.2. The molecule has 1 atom stereocenters. The number of halogens is 1. The Morgan fingerprint density at radius 3 is 2.06 bits per heavy atom. The summed E-state index contributed by atoms with van der Waals surface area (Å²) in [6.07, 6.45) is 0. The molecule has 5 heteroatoms. The Hall–Kier alpha value is 0.130. The van der Waals surface area contributed by atoms with Gasteiger partial charge < -0.3 is 14.6 Å². The fourth-order valence-electron chi connectivity index (χ4n) is 1.85. The van der Waals surface area contributed by atoms with E-state index in [2.05, 4.69) is 15.9 Å². The normalized spacial score (nSPS) is 25.7. The number of carboxylic acids is 1. The van der Waals surface area contributed by atoms with Crippen molar-refractivity contribution in [3.05, 3.63) is 34.3 Å². The van der Waals surface area contributed by atoms with Crippen LogP contribution in [0.25, 0.3) is 0 Å². The quantitative estimate of drug-likeness (QED) is 0.478. The first-order valence-corrected chi connectivity index (χ1v) is 5.37. The number of epoxide rings is 1. The van der Waals surface area contributed by atoms with Crippen molar-refractivity contribution in [3.8, 4) is 0 Å². The van der Waals surface area contributed by atoms with E-state index >= 15 is 0 Å². The van der Waals surface area contributed by atoms with Crippen molar-refractivity contribution in [2.45, 2.75) is 25.0 Å². The summed E-state index contributed by atoms with van der Waals surface area (Å²) in [7, 11) is 0. The standard InChI is InChI=1S/C11H11BrO3.Na/c1-10(2)11(15-10,9(13)14)7-3-5-8(12)6-4-7;/h3-6H,1-2H3,(H,13,14);/q;+1/p-1. The van der Waals surface area contributed by atoms with E-state index in [1.807, 2.05) is 0 Å². The molecule has 1 unspecified atom stereocenters. The van der Waals surface area contributed by atoms with Gasteiger partial charge in [-0.05, 0) is 31.5 Å². The smallest absolute Gasteiger partial charge is 0.546 e. The second-order valence-electron chi connectivity index (χ2n) is 4.09. The molecule has 1 aliphatic heterocycles. The van der Waals surface area contributed by atoms with E-state index in [0.717, 1.165) is 4.47 Å². The summed E-state index contributed by atoms with van der Waals surface area (Å²) in [6.45, 7) is 3.48. The summed E-state index contributed by atoms with van der Waals surface area (Å²) in [5, 5.41) is 11.1. The number of hydrogen-bond donors (Lipinski definition) is 0. The van der Waals surface area contributed by atoms with Crippen LogP contribution in [-0.4, -0.2) is 11.6 Å². The Labute approximate surface area is 125 Å². The van der Waals surface area contributed by atoms with E-state index < -0.39 is 17.2 Å². The SMILES string of the molecule is CC1(C)OC1(C(=O)[O-])c1ccc(Br)cc1.[Na+]. The Kier molecular flexibility index (Phi) is 3.92. The maximum absolute atomic E-state index is 11.1. The van der Waals surface area contributed by atoms with E-state index in [9.17, 15) is 9.90 Å². The van der Waals surface area contributed by atoms with Crippen molar-refractivity contribution < 1.29 is 44.2 Å². The zero-order valence-electron chi connectivity index (χ0n) is 9.41. The fraction of sp³-hybridized carbons (Fsp3) is 0.364. The molecule has 1 aromatic carbocycles. The van der Waals surface area contributed by atoms with Crippen LogP contribution in [0.15, 0.2) is 28.7 Å². The van der Waals surface area contributed by atoms with Crippen molar-refractivity contribution in [3.63, 3.8) is 0 Å². The molecule has 0 saturated carbocycles. The number of carbonyl (C=O) groups excluding carboxylic acids is 1. The van der Waals surface area contributed by atoms with E-state index in [-0.39, 0.29) is 29.6 Å². The second-order valence-corrected chi connectivity index (χ2v) is 5.00. The van der Waals surface area contributed by atoms with Gasteiger partial charge in [0.05, 0.1) is 5.97 Å². The van der Waals surface area contributed by atoms with Crippen molar-refractivity contribution in [1.82, 2.24) is 0 Å². The summed E-state index contributed by atoms with van der Waals surface area (Å²) in [6, 6.07) is 7.04. The van der Waals surface area contributed by atoms with Crippen molar-refractivity contribution >= 4 is 21.9 Å². The number of carboxylic acid groups (broad SMARTS) is 1. The molecule has 0 bridgehead atoms. The van der Waals surface area contributed by atoms with Crippen LogP contribution in [0.5, 0.6) is 0 Å². The zero-order chi connectivity index (χ0) is 11.3. The molecule has 1 heterocycles. The third-order valence-electron chi connectivity index (χ3n) is 2.75. The third-order valence-corrected chi connectivity index (χ3v) is 3.28. The monoisotopic (exact) mass is 292 g/mol. The summed E-state index contributed by atoms with van der Waals surface area (Å²) >= 11 is 3.29. The van der Waals surface area contributed by atoms with Gasteiger partial charge in [0.15, 0.2) is 5.60 Å². The maximum Gasteiger partial charge on any atom is 1.00 e. The molecule has 1 aromatic rings. The topological polar surface area (TPSA) is 52.7 Å². The Morgan fingerprint density at radius 1 is 1.31 bits per heavy atom. The van der Waals surface area contributed by atoms with Crippen LogP contribution in [0.1, 0.15) is 19.4 Å². The zero-order valence-corrected chi connectivity index (χ0v) is 13.0. The summed E-state index contributed by atoms with van der Waals surface area (Å²) in [4.78, 5) is 11.1. The number of ether oxygens (including phenoxy) is 1. The van der Waals surface area contributed by atoms with E-state index in [1.54, 1.807) is 38.1 Å². The van der Waals surface area contributed by atoms with Gasteiger partial charge in [-0.1, -0.05) is 28.1 Å². The van der Waals surface area contributed by atoms with Crippen LogP contribution in [0, 0.1) is 0 Å². The average molecular weight is 293 g/mol. The molecule has 80 valence electrons. The second kappa shape index (κ2) is 4.42. The largest absolute Gasteiger partial charge is 1.00 e. The number of hydrogen-bond acceptors (Lipinski definition) is 3. The minimum absolute atomic E-state index is 0. The summed E-state index contributed by atoms with van der Waals surface area (Å²) < 4.78 is 6.20. The molecule has 0 aromatic heterocycles. The van der Waals surface area contributed by atoms with Crippen LogP contribution in [0.4, 0.5) is 0 Å². The van der Waals surface area contributed by atoms with Crippen LogP contribution in [0.2, 0.25) is 0 Å². The predicted molar refractivity (Wildman–Crippen MR) is 56.0 cm³/mol. The van der Waals surface area contributed by atoms with E-state index in [0.29, 0.717) is 5.56 Å². The van der Waals surface area contributed by atoms with Crippen LogP contribution >= 0.6 is 15.9 Å². The maximum atomic E-state index is 11.1. The average Bonchev–Trinajstić information content (AvgIpc) is 2.72. The van der Waals surface area contributed by atoms with Crippen molar-refractivity contribution in [2.24, 2.45) is 0 Å². The van der Waals surface area contributed by atoms with Gasteiger partial charge in [-0.25, -0.2) is 0 Å². The number of benzene rings is 1. The molecular weight excluding hydrogens is 283 g/mol. The van der Waals surface area contributed by atoms with Gasteiger partial charge in [-0.3, -0.25) is 0 Å². The van der Waals surface area contributed by atoms with Gasteiger partial charge in [-0.15, -0.1) is 0 Å². The van der Waals surface area contributed by atoms with E-state index in [1.165, 1.54) is 0 Å². The van der Waals surface area contributed by atoms with Crippen LogP contribution < -0.4 is 34.7 Å². The first-order valence-electron chi connectivity index (χ1n) is 4.58. The molecule has 0 amide bonds. The minimum Gasteiger partial charge on any atom is -0.546 e. The Morgan fingerprint density at radius 2 is 1.75 bits per heavy atom. The van der Waals surface area contributed by atoms with Gasteiger partial charge >= 0.3 is 29.6 Å². The minimum atomic E-state index is -1.28. The molecule has 0 radical (unpaired) electrons. The van der Waals surface area contributed by atoms with Crippen LogP contribution in [0.3, 0.4) is 0 Å². The van der Waals surface area contributed by atoms with E-state index in [4.69, 9.17) is 4.74 Å². The molecule has 1 saturated heterocycles. The fourth-order valence-corrected chi connectivity index (χ4v) is 2.12. The van der Waals surface area contributed by atoms with Gasteiger partial charge in [0.2, 0.25) is 0 Å². The summed E-state index contributed by atoms with van der Waals surface area (Å²) in [5.74, 6) is -1.19. The molecule has 3 nitrogen and oxygen atoms in total. The van der Waals surface area contributed by atoms with Crippen molar-refractivity contribution in [1.29, 1.82) is 0 Å². The van der Waals surface area contributed by atoms with Crippen LogP contribution in [-0.2, 0) is 15.1 Å². The number of rotatable bonds is 2. The molecule has 0 spiro atoms. The molecule has 0 N–H and O–H groups in total. The molecule has 1 fully saturated rings. The number of aliphatic carboxylic acids is 1. The molecule has 2 rings (SSSR count). The molecule has 0 aliphatic carbocycles. The number of carbonyl (C=O) groups is 1. The van der Waals surface area contributed by atoms with Gasteiger partial charge in [0.25, 0.3) is 0 Å². The predicted octanol–water partition coefficient (Wildman–Crippen LogP) is -1.79.